The predicted octanol–water partition coefficient (Wildman–Crippen LogP) is -1.26. The Morgan fingerprint density at radius 1 is 1.78 bits per heavy atom. The Balaban J connectivity index is 3.50. The Kier molecular flexibility index (Phi) is 3.19. The van der Waals surface area contributed by atoms with Crippen molar-refractivity contribution in [3.05, 3.63) is 0 Å². The number of carbonyl (C=O) groups is 1. The smallest absolute Gasteiger partial charge is 0.221 e. The number of aliphatic hydroxyl groups is 1. The zero-order chi connectivity index (χ0) is 7.44. The number of rotatable bonds is 3. The van der Waals surface area contributed by atoms with E-state index in [0.717, 1.165) is 0 Å². The maximum Gasteiger partial charge on any atom is 0.221 e. The third-order valence-corrected chi connectivity index (χ3v) is 0.980. The molecule has 0 rings (SSSR count). The highest BCUT2D eigenvalue weighted by atomic mass is 16.3. The number of hydrogen-bond acceptors (Lipinski definition) is 3. The second-order valence-corrected chi connectivity index (χ2v) is 2.11. The molecule has 1 unspecified atom stereocenters. The van der Waals surface area contributed by atoms with Gasteiger partial charge in [0.2, 0.25) is 5.91 Å². The van der Waals surface area contributed by atoms with Gasteiger partial charge in [0.05, 0.1) is 6.42 Å². The minimum absolute atomic E-state index is 0.00694. The molecule has 0 aromatic carbocycles. The van der Waals surface area contributed by atoms with Crippen LogP contribution in [-0.4, -0.2) is 36.2 Å². The molecule has 0 spiro atoms. The molecule has 9 heavy (non-hydrogen) atoms. The molecule has 0 radical (unpaired) electrons. The molecule has 0 aliphatic heterocycles. The zero-order valence-electron chi connectivity index (χ0n) is 5.66. The standard InChI is InChI=1S/C5H12N2O2/c1-7(2)5(9)3-4(6)8/h5,9H,3H2,1-2H3,(H2,6,8). The van der Waals surface area contributed by atoms with E-state index in [1.807, 2.05) is 0 Å². The van der Waals surface area contributed by atoms with Crippen molar-refractivity contribution in [3.8, 4) is 0 Å². The van der Waals surface area contributed by atoms with Crippen LogP contribution in [0.5, 0.6) is 0 Å². The molecular weight excluding hydrogens is 120 g/mol. The van der Waals surface area contributed by atoms with Gasteiger partial charge in [-0.15, -0.1) is 0 Å². The third kappa shape index (κ3) is 3.93. The largest absolute Gasteiger partial charge is 0.378 e. The van der Waals surface area contributed by atoms with Gasteiger partial charge in [-0.25, -0.2) is 0 Å². The van der Waals surface area contributed by atoms with E-state index in [0.29, 0.717) is 0 Å². The SMILES string of the molecule is CN(C)C(O)CC(N)=O. The maximum absolute atomic E-state index is 10.1. The number of amides is 1. The van der Waals surface area contributed by atoms with E-state index in [9.17, 15) is 4.79 Å². The Morgan fingerprint density at radius 2 is 2.22 bits per heavy atom. The van der Waals surface area contributed by atoms with Crippen molar-refractivity contribution in [2.75, 3.05) is 14.1 Å². The lowest BCUT2D eigenvalue weighted by Gasteiger charge is -2.15. The summed E-state index contributed by atoms with van der Waals surface area (Å²) < 4.78 is 0. The molecule has 0 aliphatic rings. The number of hydrogen-bond donors (Lipinski definition) is 2. The molecule has 0 aromatic heterocycles. The van der Waals surface area contributed by atoms with Crippen LogP contribution in [0, 0.1) is 0 Å². The highest BCUT2D eigenvalue weighted by Crippen LogP contribution is 1.91. The summed E-state index contributed by atoms with van der Waals surface area (Å²) in [7, 11) is 3.35. The van der Waals surface area contributed by atoms with E-state index >= 15 is 0 Å². The quantitative estimate of drug-likeness (QED) is 0.471. The minimum Gasteiger partial charge on any atom is -0.378 e. The van der Waals surface area contributed by atoms with E-state index in [1.54, 1.807) is 14.1 Å². The lowest BCUT2D eigenvalue weighted by molar-refractivity contribution is -0.122. The van der Waals surface area contributed by atoms with Crippen LogP contribution in [0.3, 0.4) is 0 Å². The highest BCUT2D eigenvalue weighted by molar-refractivity contribution is 5.74. The fourth-order valence-electron chi connectivity index (χ4n) is 0.363. The van der Waals surface area contributed by atoms with Crippen LogP contribution in [-0.2, 0) is 4.79 Å². The summed E-state index contributed by atoms with van der Waals surface area (Å²) in [5, 5.41) is 8.92. The number of aliphatic hydroxyl groups excluding tert-OH is 1. The second-order valence-electron chi connectivity index (χ2n) is 2.11. The van der Waals surface area contributed by atoms with Crippen LogP contribution < -0.4 is 5.73 Å². The molecule has 0 fully saturated rings. The van der Waals surface area contributed by atoms with E-state index in [-0.39, 0.29) is 6.42 Å². The Morgan fingerprint density at radius 3 is 2.33 bits per heavy atom. The summed E-state index contributed by atoms with van der Waals surface area (Å²) in [6.07, 6.45) is -0.755. The molecule has 0 saturated heterocycles. The van der Waals surface area contributed by atoms with E-state index < -0.39 is 12.1 Å². The van der Waals surface area contributed by atoms with E-state index in [2.05, 4.69) is 0 Å². The molecule has 4 nitrogen and oxygen atoms in total. The Bertz CT molecular complexity index is 103. The lowest BCUT2D eigenvalue weighted by atomic mass is 10.3. The first kappa shape index (κ1) is 8.39. The summed E-state index contributed by atoms with van der Waals surface area (Å²) in [6, 6.07) is 0. The van der Waals surface area contributed by atoms with Gasteiger partial charge >= 0.3 is 0 Å². The van der Waals surface area contributed by atoms with Crippen molar-refractivity contribution in [1.82, 2.24) is 4.90 Å². The molecule has 54 valence electrons. The first-order valence-electron chi connectivity index (χ1n) is 2.67. The van der Waals surface area contributed by atoms with Crippen LogP contribution >= 0.6 is 0 Å². The molecule has 1 atom stereocenters. The van der Waals surface area contributed by atoms with Gasteiger partial charge in [-0.1, -0.05) is 0 Å². The number of nitrogens with two attached hydrogens (primary N) is 1. The normalized spacial score (nSPS) is 13.8. The van der Waals surface area contributed by atoms with Gasteiger partial charge in [-0.3, -0.25) is 9.69 Å². The average molecular weight is 132 g/mol. The topological polar surface area (TPSA) is 66.6 Å². The van der Waals surface area contributed by atoms with Crippen LogP contribution in [0.1, 0.15) is 6.42 Å². The van der Waals surface area contributed by atoms with Gasteiger partial charge in [-0.2, -0.15) is 0 Å². The maximum atomic E-state index is 10.1. The fraction of sp³-hybridized carbons (Fsp3) is 0.800. The molecule has 0 heterocycles. The second kappa shape index (κ2) is 3.42. The minimum atomic E-state index is -0.748. The average Bonchev–Trinajstić information content (AvgIpc) is 1.63. The van der Waals surface area contributed by atoms with Crippen LogP contribution in [0.2, 0.25) is 0 Å². The Labute approximate surface area is 54.3 Å². The van der Waals surface area contributed by atoms with Crippen molar-refractivity contribution in [2.45, 2.75) is 12.6 Å². The fourth-order valence-corrected chi connectivity index (χ4v) is 0.363. The molecular formula is C5H12N2O2. The number of nitrogens with zero attached hydrogens (tertiary/aromatic N) is 1. The van der Waals surface area contributed by atoms with Crippen molar-refractivity contribution < 1.29 is 9.90 Å². The van der Waals surface area contributed by atoms with Gasteiger partial charge in [0.1, 0.15) is 6.23 Å². The van der Waals surface area contributed by atoms with Crippen molar-refractivity contribution in [1.29, 1.82) is 0 Å². The number of primary amides is 1. The molecule has 1 amide bonds. The van der Waals surface area contributed by atoms with Gasteiger partial charge in [0.15, 0.2) is 0 Å². The molecule has 0 saturated carbocycles. The zero-order valence-corrected chi connectivity index (χ0v) is 5.66. The summed E-state index contributed by atoms with van der Waals surface area (Å²) in [5.74, 6) is -0.490. The first-order chi connectivity index (χ1) is 4.04. The number of carbonyl (C=O) groups excluding carboxylic acids is 1. The molecule has 0 bridgehead atoms. The summed E-state index contributed by atoms with van der Waals surface area (Å²) in [6.45, 7) is 0. The van der Waals surface area contributed by atoms with Gasteiger partial charge in [0.25, 0.3) is 0 Å². The van der Waals surface area contributed by atoms with Crippen LogP contribution in [0.4, 0.5) is 0 Å². The van der Waals surface area contributed by atoms with Crippen LogP contribution in [0.15, 0.2) is 0 Å². The Hall–Kier alpha value is -0.610. The van der Waals surface area contributed by atoms with E-state index in [1.165, 1.54) is 4.90 Å². The van der Waals surface area contributed by atoms with E-state index in [4.69, 9.17) is 10.8 Å². The summed E-state index contributed by atoms with van der Waals surface area (Å²) in [4.78, 5) is 11.7. The van der Waals surface area contributed by atoms with Crippen molar-refractivity contribution in [3.63, 3.8) is 0 Å². The van der Waals surface area contributed by atoms with Crippen LogP contribution in [0.25, 0.3) is 0 Å². The van der Waals surface area contributed by atoms with Gasteiger partial charge in [0, 0.05) is 0 Å². The lowest BCUT2D eigenvalue weighted by Crippen LogP contribution is -2.32. The molecule has 4 heteroatoms. The molecule has 0 aliphatic carbocycles. The first-order valence-corrected chi connectivity index (χ1v) is 2.67. The molecule has 3 N–H and O–H groups in total. The van der Waals surface area contributed by atoms with Gasteiger partial charge < -0.3 is 10.8 Å². The molecule has 0 aromatic rings. The van der Waals surface area contributed by atoms with Gasteiger partial charge in [-0.05, 0) is 14.1 Å². The third-order valence-electron chi connectivity index (χ3n) is 0.980. The summed E-state index contributed by atoms with van der Waals surface area (Å²) >= 11 is 0. The summed E-state index contributed by atoms with van der Waals surface area (Å²) in [5.41, 5.74) is 4.81. The van der Waals surface area contributed by atoms with Crippen molar-refractivity contribution >= 4 is 5.91 Å². The monoisotopic (exact) mass is 132 g/mol. The predicted molar refractivity (Wildman–Crippen MR) is 33.5 cm³/mol. The van der Waals surface area contributed by atoms with Crippen molar-refractivity contribution in [2.24, 2.45) is 5.73 Å². The highest BCUT2D eigenvalue weighted by Gasteiger charge is 2.08.